The van der Waals surface area contributed by atoms with Crippen LogP contribution >= 0.6 is 11.8 Å². The normalized spacial score (nSPS) is 19.3. The summed E-state index contributed by atoms with van der Waals surface area (Å²) in [5.41, 5.74) is -0.848. The van der Waals surface area contributed by atoms with Gasteiger partial charge in [-0.2, -0.15) is 0 Å². The van der Waals surface area contributed by atoms with Crippen molar-refractivity contribution in [2.45, 2.75) is 23.6 Å². The first kappa shape index (κ1) is 11.5. The quantitative estimate of drug-likeness (QED) is 0.730. The predicted molar refractivity (Wildman–Crippen MR) is 59.4 cm³/mol. The van der Waals surface area contributed by atoms with E-state index in [-0.39, 0.29) is 5.92 Å². The molecule has 0 aliphatic heterocycles. The van der Waals surface area contributed by atoms with Crippen LogP contribution in [0.2, 0.25) is 0 Å². The molecule has 1 saturated carbocycles. The van der Waals surface area contributed by atoms with E-state index in [0.29, 0.717) is 11.0 Å². The van der Waals surface area contributed by atoms with Gasteiger partial charge in [0, 0.05) is 5.75 Å². The summed E-state index contributed by atoms with van der Waals surface area (Å²) in [6, 6.07) is 0. The molecule has 1 fully saturated rings. The van der Waals surface area contributed by atoms with E-state index in [1.165, 1.54) is 18.0 Å². The van der Waals surface area contributed by atoms with Crippen LogP contribution in [0.15, 0.2) is 22.1 Å². The van der Waals surface area contributed by atoms with Crippen LogP contribution in [0.4, 0.5) is 0 Å². The minimum Gasteiger partial charge on any atom is -0.480 e. The molecular weight excluding hydrogens is 228 g/mol. The molecule has 0 bridgehead atoms. The van der Waals surface area contributed by atoms with Crippen molar-refractivity contribution in [3.8, 4) is 0 Å². The van der Waals surface area contributed by atoms with Gasteiger partial charge in [-0.3, -0.25) is 4.79 Å². The van der Waals surface area contributed by atoms with Crippen LogP contribution in [0.1, 0.15) is 12.8 Å². The number of hydrogen-bond donors (Lipinski definition) is 2. The minimum absolute atomic E-state index is 0.220. The average molecular weight is 242 g/mol. The van der Waals surface area contributed by atoms with E-state index in [1.807, 2.05) is 0 Å². The first-order valence-corrected chi connectivity index (χ1v) is 6.12. The number of aromatic nitrogens is 1. The van der Waals surface area contributed by atoms with Crippen LogP contribution in [0.25, 0.3) is 0 Å². The zero-order valence-electron chi connectivity index (χ0n) is 8.97. The molecule has 1 aromatic heterocycles. The summed E-state index contributed by atoms with van der Waals surface area (Å²) in [5.74, 6) is -0.140. The summed E-state index contributed by atoms with van der Waals surface area (Å²) >= 11 is 1.33. The summed E-state index contributed by atoms with van der Waals surface area (Å²) in [7, 11) is 1.70. The number of oxazole rings is 1. The van der Waals surface area contributed by atoms with E-state index in [0.717, 1.165) is 12.8 Å². The molecule has 1 unspecified atom stereocenters. The van der Waals surface area contributed by atoms with Crippen molar-refractivity contribution in [3.05, 3.63) is 12.5 Å². The second-order valence-corrected chi connectivity index (χ2v) is 4.81. The van der Waals surface area contributed by atoms with Gasteiger partial charge in [-0.15, -0.1) is 0 Å². The fraction of sp³-hybridized carbons (Fsp3) is 0.600. The topological polar surface area (TPSA) is 75.4 Å². The molecule has 16 heavy (non-hydrogen) atoms. The number of nitrogens with one attached hydrogen (secondary N) is 1. The molecule has 1 aromatic rings. The van der Waals surface area contributed by atoms with Crippen molar-refractivity contribution in [1.29, 1.82) is 0 Å². The maximum atomic E-state index is 11.4. The molecule has 5 nitrogen and oxygen atoms in total. The number of carboxylic acid groups (broad SMARTS) is 1. The Kier molecular flexibility index (Phi) is 3.20. The number of aliphatic carboxylic acids is 1. The number of carbonyl (C=O) groups is 1. The zero-order valence-corrected chi connectivity index (χ0v) is 9.79. The number of hydrogen-bond acceptors (Lipinski definition) is 5. The lowest BCUT2D eigenvalue weighted by Crippen LogP contribution is -2.54. The number of thioether (sulfide) groups is 1. The van der Waals surface area contributed by atoms with Gasteiger partial charge in [-0.25, -0.2) is 4.98 Å². The van der Waals surface area contributed by atoms with E-state index < -0.39 is 11.5 Å². The van der Waals surface area contributed by atoms with Gasteiger partial charge in [0.1, 0.15) is 11.8 Å². The molecule has 6 heteroatoms. The first-order chi connectivity index (χ1) is 7.69. The summed E-state index contributed by atoms with van der Waals surface area (Å²) in [5, 5.41) is 12.8. The fourth-order valence-corrected chi connectivity index (χ4v) is 2.88. The Morgan fingerprint density at radius 1 is 1.81 bits per heavy atom. The molecule has 88 valence electrons. The summed E-state index contributed by atoms with van der Waals surface area (Å²) in [6.45, 7) is 0. The molecule has 0 radical (unpaired) electrons. The van der Waals surface area contributed by atoms with E-state index in [2.05, 4.69) is 10.3 Å². The van der Waals surface area contributed by atoms with Crippen LogP contribution in [-0.4, -0.2) is 34.4 Å². The van der Waals surface area contributed by atoms with Crippen LogP contribution < -0.4 is 5.32 Å². The third-order valence-electron chi connectivity index (χ3n) is 2.93. The van der Waals surface area contributed by atoms with E-state index >= 15 is 0 Å². The molecule has 0 spiro atoms. The second kappa shape index (κ2) is 4.47. The lowest BCUT2D eigenvalue weighted by atomic mass is 9.96. The molecule has 0 aromatic carbocycles. The first-order valence-electron chi connectivity index (χ1n) is 5.13. The largest absolute Gasteiger partial charge is 0.480 e. The maximum absolute atomic E-state index is 11.4. The molecule has 1 aliphatic rings. The minimum atomic E-state index is -0.848. The lowest BCUT2D eigenvalue weighted by Gasteiger charge is -2.28. The molecule has 0 saturated heterocycles. The maximum Gasteiger partial charge on any atom is 0.325 e. The van der Waals surface area contributed by atoms with Gasteiger partial charge in [0.05, 0.1) is 6.20 Å². The second-order valence-electron chi connectivity index (χ2n) is 3.89. The molecule has 0 amide bonds. The summed E-state index contributed by atoms with van der Waals surface area (Å²) in [4.78, 5) is 15.3. The highest BCUT2D eigenvalue weighted by molar-refractivity contribution is 7.99. The van der Waals surface area contributed by atoms with Gasteiger partial charge >= 0.3 is 5.97 Å². The SMILES string of the molecule is CNC(CSc1ncco1)(C(=O)O)C1CC1. The van der Waals surface area contributed by atoms with Gasteiger partial charge in [0.25, 0.3) is 5.22 Å². The Hall–Kier alpha value is -1.01. The zero-order chi connectivity index (χ0) is 11.6. The Morgan fingerprint density at radius 2 is 2.56 bits per heavy atom. The van der Waals surface area contributed by atoms with Gasteiger partial charge in [-0.05, 0) is 25.8 Å². The van der Waals surface area contributed by atoms with Crippen LogP contribution in [0.5, 0.6) is 0 Å². The highest BCUT2D eigenvalue weighted by atomic mass is 32.2. The fourth-order valence-electron chi connectivity index (χ4n) is 1.77. The van der Waals surface area contributed by atoms with Crippen molar-refractivity contribution >= 4 is 17.7 Å². The molecule has 1 heterocycles. The van der Waals surface area contributed by atoms with Crippen LogP contribution in [-0.2, 0) is 4.79 Å². The van der Waals surface area contributed by atoms with Crippen molar-refractivity contribution < 1.29 is 14.3 Å². The number of carboxylic acids is 1. The predicted octanol–water partition coefficient (Wildman–Crippen LogP) is 1.22. The van der Waals surface area contributed by atoms with Gasteiger partial charge in [0.15, 0.2) is 0 Å². The Morgan fingerprint density at radius 3 is 3.00 bits per heavy atom. The van der Waals surface area contributed by atoms with Crippen LogP contribution in [0, 0.1) is 5.92 Å². The van der Waals surface area contributed by atoms with E-state index in [4.69, 9.17) is 4.42 Å². The molecule has 1 atom stereocenters. The third kappa shape index (κ3) is 2.08. The number of rotatable bonds is 6. The average Bonchev–Trinajstić information content (AvgIpc) is 2.97. The standard InChI is InChI=1S/C10H14N2O3S/c1-11-10(8(13)14,7-2-3-7)6-16-9-12-4-5-15-9/h4-5,7,11H,2-3,6H2,1H3,(H,13,14). The number of likely N-dealkylation sites (N-methyl/N-ethyl adjacent to an activating group) is 1. The highest BCUT2D eigenvalue weighted by Gasteiger charge is 2.50. The third-order valence-corrected chi connectivity index (χ3v) is 3.98. The van der Waals surface area contributed by atoms with Gasteiger partial charge < -0.3 is 14.8 Å². The van der Waals surface area contributed by atoms with Crippen LogP contribution in [0.3, 0.4) is 0 Å². The van der Waals surface area contributed by atoms with E-state index in [1.54, 1.807) is 13.2 Å². The number of nitrogens with zero attached hydrogens (tertiary/aromatic N) is 1. The van der Waals surface area contributed by atoms with Gasteiger partial charge in [-0.1, -0.05) is 11.8 Å². The Balaban J connectivity index is 2.04. The molecule has 2 rings (SSSR count). The van der Waals surface area contributed by atoms with Gasteiger partial charge in [0.2, 0.25) is 0 Å². The molecule has 2 N–H and O–H groups in total. The summed E-state index contributed by atoms with van der Waals surface area (Å²) < 4.78 is 5.08. The Bertz CT molecular complexity index is 364. The highest BCUT2D eigenvalue weighted by Crippen LogP contribution is 2.42. The Labute approximate surface area is 97.6 Å². The van der Waals surface area contributed by atoms with Crippen molar-refractivity contribution in [2.24, 2.45) is 5.92 Å². The monoisotopic (exact) mass is 242 g/mol. The van der Waals surface area contributed by atoms with Crippen molar-refractivity contribution in [2.75, 3.05) is 12.8 Å². The smallest absolute Gasteiger partial charge is 0.325 e. The summed E-state index contributed by atoms with van der Waals surface area (Å²) in [6.07, 6.45) is 4.99. The lowest BCUT2D eigenvalue weighted by molar-refractivity contribution is -0.144. The molecular formula is C10H14N2O3S. The van der Waals surface area contributed by atoms with Crippen molar-refractivity contribution in [1.82, 2.24) is 10.3 Å². The molecule has 1 aliphatic carbocycles. The van der Waals surface area contributed by atoms with Crippen molar-refractivity contribution in [3.63, 3.8) is 0 Å². The van der Waals surface area contributed by atoms with E-state index in [9.17, 15) is 9.90 Å².